The van der Waals surface area contributed by atoms with Crippen molar-refractivity contribution in [1.29, 1.82) is 0 Å². The van der Waals surface area contributed by atoms with Crippen LogP contribution in [0.1, 0.15) is 36.0 Å². The minimum atomic E-state index is 0. The Labute approximate surface area is 176 Å². The minimum absolute atomic E-state index is 0. The molecule has 2 aliphatic carbocycles. The second-order valence-electron chi connectivity index (χ2n) is 5.22. The van der Waals surface area contributed by atoms with E-state index in [1.165, 1.54) is 22.3 Å². The molecule has 0 heterocycles. The second-order valence-corrected chi connectivity index (χ2v) is 5.22. The number of halogens is 2. The molecule has 0 aromatic heterocycles. The van der Waals surface area contributed by atoms with Crippen LogP contribution in [0.3, 0.4) is 0 Å². The molecule has 0 radical (unpaired) electrons. The number of hydrogen-bond acceptors (Lipinski definition) is 0. The van der Waals surface area contributed by atoms with E-state index in [0.717, 1.165) is 6.42 Å². The van der Waals surface area contributed by atoms with Crippen LogP contribution in [0.25, 0.3) is 5.57 Å². The van der Waals surface area contributed by atoms with Crippen molar-refractivity contribution in [2.75, 3.05) is 0 Å². The zero-order valence-corrected chi connectivity index (χ0v) is 18.6. The van der Waals surface area contributed by atoms with Crippen LogP contribution in [0.4, 0.5) is 0 Å². The molecule has 0 aliphatic heterocycles. The molecule has 1 atom stereocenters. The fraction of sp³-hybridized carbons (Fsp3) is 0.143. The van der Waals surface area contributed by atoms with E-state index in [-0.39, 0.29) is 50.7 Å². The summed E-state index contributed by atoms with van der Waals surface area (Å²) in [5.41, 5.74) is 5.23. The van der Waals surface area contributed by atoms with Crippen molar-refractivity contribution in [3.05, 3.63) is 102 Å². The van der Waals surface area contributed by atoms with E-state index in [9.17, 15) is 0 Å². The third kappa shape index (κ3) is 5.58. The van der Waals surface area contributed by atoms with E-state index in [4.69, 9.17) is 0 Å². The van der Waals surface area contributed by atoms with Crippen LogP contribution in [0.5, 0.6) is 0 Å². The normalized spacial score (nSPS) is 15.7. The monoisotopic (exact) mass is 520 g/mol. The van der Waals surface area contributed by atoms with Gasteiger partial charge in [0, 0.05) is 0 Å². The van der Waals surface area contributed by atoms with Gasteiger partial charge in [0.05, 0.1) is 0 Å². The average Bonchev–Trinajstić information content (AvgIpc) is 3.21. The molecule has 120 valence electrons. The number of allylic oxidation sites excluding steroid dienone is 5. The molecule has 0 fully saturated rings. The first-order valence-electron chi connectivity index (χ1n) is 7.36. The van der Waals surface area contributed by atoms with Gasteiger partial charge in [-0.05, 0) is 5.92 Å². The number of hydrogen-bond donors (Lipinski definition) is 0. The molecule has 0 bridgehead atoms. The zero-order valence-electron chi connectivity index (χ0n) is 13.5. The fourth-order valence-electron chi connectivity index (χ4n) is 2.68. The molecule has 24 heavy (non-hydrogen) atoms. The van der Waals surface area contributed by atoms with E-state index in [1.807, 2.05) is 12.2 Å². The number of fused-ring (bicyclic) bond motifs is 1. The van der Waals surface area contributed by atoms with Gasteiger partial charge in [-0.1, -0.05) is 48.9 Å². The first kappa shape index (κ1) is 23.1. The van der Waals surface area contributed by atoms with Crippen molar-refractivity contribution in [2.24, 2.45) is 0 Å². The van der Waals surface area contributed by atoms with Crippen LogP contribution in [-0.2, 0) is 25.8 Å². The van der Waals surface area contributed by atoms with Crippen molar-refractivity contribution in [3.63, 3.8) is 0 Å². The van der Waals surface area contributed by atoms with E-state index in [2.05, 4.69) is 79.7 Å². The van der Waals surface area contributed by atoms with Gasteiger partial charge in [-0.3, -0.25) is 6.08 Å². The van der Waals surface area contributed by atoms with Crippen molar-refractivity contribution < 1.29 is 50.7 Å². The Hall–Kier alpha value is -0.890. The molecule has 4 rings (SSSR count). The Morgan fingerprint density at radius 2 is 1.58 bits per heavy atom. The van der Waals surface area contributed by atoms with E-state index < -0.39 is 0 Å². The van der Waals surface area contributed by atoms with Crippen molar-refractivity contribution in [1.82, 2.24) is 0 Å². The van der Waals surface area contributed by atoms with Gasteiger partial charge in [-0.2, -0.15) is 6.08 Å². The summed E-state index contributed by atoms with van der Waals surface area (Å²) in [6.07, 6.45) is 13.5. The molecular formula is C21H18Cl2Hf. The summed E-state index contributed by atoms with van der Waals surface area (Å²) in [6, 6.07) is 19.0. The van der Waals surface area contributed by atoms with E-state index >= 15 is 0 Å². The molecule has 0 N–H and O–H groups in total. The quantitative estimate of drug-likeness (QED) is 0.347. The molecule has 2 aromatic carbocycles. The molecule has 3 heteroatoms. The van der Waals surface area contributed by atoms with Gasteiger partial charge in [0.25, 0.3) is 0 Å². The van der Waals surface area contributed by atoms with Crippen LogP contribution in [0.2, 0.25) is 0 Å². The molecule has 0 saturated heterocycles. The van der Waals surface area contributed by atoms with E-state index in [1.54, 1.807) is 0 Å². The Bertz CT molecular complexity index is 693. The topological polar surface area (TPSA) is 0 Å². The number of benzene rings is 2. The Morgan fingerprint density at radius 3 is 2.12 bits per heavy atom. The second kappa shape index (κ2) is 11.6. The summed E-state index contributed by atoms with van der Waals surface area (Å²) in [4.78, 5) is 0. The average molecular weight is 520 g/mol. The summed E-state index contributed by atoms with van der Waals surface area (Å²) in [5, 5.41) is 0. The molecule has 0 amide bonds. The van der Waals surface area contributed by atoms with Gasteiger partial charge in [0.2, 0.25) is 0 Å². The predicted octanol–water partition coefficient (Wildman–Crippen LogP) is -0.650. The maximum atomic E-state index is 3.52. The molecule has 0 spiro atoms. The largest absolute Gasteiger partial charge is 4.00 e. The van der Waals surface area contributed by atoms with E-state index in [0.29, 0.717) is 5.92 Å². The molecule has 1 unspecified atom stereocenters. The van der Waals surface area contributed by atoms with Gasteiger partial charge in [-0.15, -0.1) is 47.4 Å². The maximum Gasteiger partial charge on any atom is 4.00 e. The van der Waals surface area contributed by atoms with Gasteiger partial charge in [0.1, 0.15) is 0 Å². The van der Waals surface area contributed by atoms with Crippen molar-refractivity contribution >= 4 is 5.57 Å². The summed E-state index contributed by atoms with van der Waals surface area (Å²) < 4.78 is 0. The van der Waals surface area contributed by atoms with Crippen molar-refractivity contribution in [2.45, 2.75) is 19.3 Å². The maximum absolute atomic E-state index is 3.52. The Balaban J connectivity index is 0.000000578. The summed E-state index contributed by atoms with van der Waals surface area (Å²) in [6.45, 7) is 2.25. The Morgan fingerprint density at radius 1 is 0.917 bits per heavy atom. The molecule has 2 aliphatic rings. The third-order valence-corrected chi connectivity index (χ3v) is 3.80. The molecule has 2 aromatic rings. The summed E-state index contributed by atoms with van der Waals surface area (Å²) in [7, 11) is 0. The summed E-state index contributed by atoms with van der Waals surface area (Å²) in [5.74, 6) is 0.457. The van der Waals surface area contributed by atoms with Crippen LogP contribution in [-0.4, -0.2) is 0 Å². The van der Waals surface area contributed by atoms with Crippen LogP contribution in [0, 0.1) is 12.2 Å². The first-order valence-corrected chi connectivity index (χ1v) is 7.36. The first-order chi connectivity index (χ1) is 10.4. The minimum Gasteiger partial charge on any atom is -1.00 e. The van der Waals surface area contributed by atoms with Gasteiger partial charge >= 0.3 is 25.8 Å². The molecule has 0 nitrogen and oxygen atoms in total. The Kier molecular flexibility index (Phi) is 11.2. The molecule has 0 saturated carbocycles. The SMILES string of the molecule is CC1C(c2ccccc2)=[C-]c2ccccc21.[C-]1=CC=CC1.[Cl-].[Cl-].[Hf+4]. The van der Waals surface area contributed by atoms with Crippen LogP contribution < -0.4 is 24.8 Å². The van der Waals surface area contributed by atoms with Crippen LogP contribution >= 0.6 is 0 Å². The van der Waals surface area contributed by atoms with Gasteiger partial charge in [0.15, 0.2) is 0 Å². The van der Waals surface area contributed by atoms with Gasteiger partial charge in [-0.25, -0.2) is 12.2 Å². The van der Waals surface area contributed by atoms with Gasteiger partial charge < -0.3 is 24.8 Å². The predicted molar refractivity (Wildman–Crippen MR) is 88.6 cm³/mol. The van der Waals surface area contributed by atoms with Crippen molar-refractivity contribution in [3.8, 4) is 0 Å². The standard InChI is InChI=1S/C16H13.C5H5.2ClH.Hf/c1-12-15-10-6-5-9-14(15)11-16(12)13-7-3-2-4-8-13;1-2-4-5-3-1;;;/h2-10,12H,1H3;1-3H,4H2;2*1H;/q2*-1;;;+4/p-2. The molecular weight excluding hydrogens is 502 g/mol. The summed E-state index contributed by atoms with van der Waals surface area (Å²) >= 11 is 0. The zero-order chi connectivity index (χ0) is 14.5. The fourth-order valence-corrected chi connectivity index (χ4v) is 2.68. The van der Waals surface area contributed by atoms with Crippen LogP contribution in [0.15, 0.2) is 72.8 Å². The smallest absolute Gasteiger partial charge is 1.00 e. The number of rotatable bonds is 1. The third-order valence-electron chi connectivity index (χ3n) is 3.80.